The van der Waals surface area contributed by atoms with Gasteiger partial charge in [-0.3, -0.25) is 0 Å². The molecule has 5 heteroatoms. The van der Waals surface area contributed by atoms with Crippen LogP contribution in [0.1, 0.15) is 43.4 Å². The Morgan fingerprint density at radius 1 is 1.33 bits per heavy atom. The molecule has 102 valence electrons. The van der Waals surface area contributed by atoms with Gasteiger partial charge in [0.2, 0.25) is 9.05 Å². The number of halogens is 1. The Morgan fingerprint density at radius 2 is 1.94 bits per heavy atom. The van der Waals surface area contributed by atoms with Crippen LogP contribution in [0.4, 0.5) is 0 Å². The van der Waals surface area contributed by atoms with E-state index in [9.17, 15) is 8.42 Å². The maximum absolute atomic E-state index is 11.4. The molecule has 0 saturated heterocycles. The molecule has 0 aromatic heterocycles. The van der Waals surface area contributed by atoms with Crippen LogP contribution in [0, 0.1) is 0 Å². The predicted octanol–water partition coefficient (Wildman–Crippen LogP) is 3.45. The second-order valence-corrected chi connectivity index (χ2v) is 7.29. The van der Waals surface area contributed by atoms with Crippen LogP contribution in [0.25, 0.3) is 0 Å². The molecule has 18 heavy (non-hydrogen) atoms. The summed E-state index contributed by atoms with van der Waals surface area (Å²) >= 11 is 0. The van der Waals surface area contributed by atoms with Gasteiger partial charge in [0.25, 0.3) is 0 Å². The van der Waals surface area contributed by atoms with E-state index in [1.54, 1.807) is 7.11 Å². The van der Waals surface area contributed by atoms with Crippen LogP contribution in [-0.4, -0.2) is 15.5 Å². The Kier molecular flexibility index (Phi) is 5.05. The van der Waals surface area contributed by atoms with E-state index in [1.165, 1.54) is 0 Å². The first-order chi connectivity index (χ1) is 8.30. The van der Waals surface area contributed by atoms with Crippen LogP contribution in [0.3, 0.4) is 0 Å². The fourth-order valence-corrected chi connectivity index (χ4v) is 3.06. The van der Waals surface area contributed by atoms with Crippen molar-refractivity contribution in [2.75, 3.05) is 7.11 Å². The van der Waals surface area contributed by atoms with Crippen LogP contribution in [0.5, 0.6) is 5.75 Å². The Bertz CT molecular complexity index is 521. The highest BCUT2D eigenvalue weighted by molar-refractivity contribution is 8.13. The predicted molar refractivity (Wildman–Crippen MR) is 74.9 cm³/mol. The summed E-state index contributed by atoms with van der Waals surface area (Å²) in [6.07, 6.45) is 0.789. The summed E-state index contributed by atoms with van der Waals surface area (Å²) in [6, 6.07) is 3.95. The summed E-state index contributed by atoms with van der Waals surface area (Å²) < 4.78 is 28.1. The highest BCUT2D eigenvalue weighted by Gasteiger charge is 2.20. The lowest BCUT2D eigenvalue weighted by atomic mass is 9.94. The number of hydrogen-bond donors (Lipinski definition) is 0. The molecule has 0 atom stereocenters. The minimum atomic E-state index is -3.60. The molecule has 0 aliphatic rings. The van der Waals surface area contributed by atoms with Gasteiger partial charge in [0.05, 0.1) is 12.9 Å². The third-order valence-electron chi connectivity index (χ3n) is 2.90. The van der Waals surface area contributed by atoms with Crippen molar-refractivity contribution in [3.05, 3.63) is 28.8 Å². The van der Waals surface area contributed by atoms with E-state index in [0.29, 0.717) is 11.3 Å². The third-order valence-corrected chi connectivity index (χ3v) is 3.86. The smallest absolute Gasteiger partial charge is 0.236 e. The van der Waals surface area contributed by atoms with Crippen molar-refractivity contribution in [1.82, 2.24) is 0 Å². The first-order valence-corrected chi connectivity index (χ1v) is 8.39. The number of rotatable bonds is 5. The molecule has 0 bridgehead atoms. The molecule has 0 spiro atoms. The molecule has 0 N–H and O–H groups in total. The van der Waals surface area contributed by atoms with Crippen molar-refractivity contribution < 1.29 is 13.2 Å². The van der Waals surface area contributed by atoms with Gasteiger partial charge in [-0.25, -0.2) is 8.42 Å². The van der Waals surface area contributed by atoms with Crippen molar-refractivity contribution in [2.24, 2.45) is 0 Å². The zero-order valence-corrected chi connectivity index (χ0v) is 12.7. The molecule has 3 nitrogen and oxygen atoms in total. The quantitative estimate of drug-likeness (QED) is 0.780. The molecule has 0 fully saturated rings. The zero-order chi connectivity index (χ0) is 13.9. The van der Waals surface area contributed by atoms with E-state index in [4.69, 9.17) is 15.4 Å². The summed E-state index contributed by atoms with van der Waals surface area (Å²) in [6.45, 7) is 6.04. The zero-order valence-electron chi connectivity index (χ0n) is 11.2. The van der Waals surface area contributed by atoms with Gasteiger partial charge < -0.3 is 4.74 Å². The molecule has 0 aliphatic heterocycles. The summed E-state index contributed by atoms with van der Waals surface area (Å²) in [5, 5.41) is 0. The number of aryl methyl sites for hydroxylation is 1. The second kappa shape index (κ2) is 5.93. The Morgan fingerprint density at radius 3 is 2.33 bits per heavy atom. The number of hydrogen-bond acceptors (Lipinski definition) is 3. The fraction of sp³-hybridized carbons (Fsp3) is 0.538. The van der Waals surface area contributed by atoms with Gasteiger partial charge in [0, 0.05) is 16.2 Å². The lowest BCUT2D eigenvalue weighted by molar-refractivity contribution is 0.405. The van der Waals surface area contributed by atoms with Crippen LogP contribution < -0.4 is 4.74 Å². The van der Waals surface area contributed by atoms with Gasteiger partial charge in [-0.05, 0) is 23.5 Å². The van der Waals surface area contributed by atoms with E-state index in [1.807, 2.05) is 32.9 Å². The van der Waals surface area contributed by atoms with E-state index in [2.05, 4.69) is 0 Å². The van der Waals surface area contributed by atoms with Gasteiger partial charge >= 0.3 is 0 Å². The van der Waals surface area contributed by atoms with Crippen LogP contribution >= 0.6 is 10.7 Å². The summed E-state index contributed by atoms with van der Waals surface area (Å²) in [7, 11) is 3.35. The number of methoxy groups -OCH3 is 1. The minimum absolute atomic E-state index is 0.195. The fourth-order valence-electron chi connectivity index (χ4n) is 2.09. The SMILES string of the molecule is CCc1ccc(C(C)C)c(CS(=O)(=O)Cl)c1OC. The molecule has 1 aromatic rings. The van der Waals surface area contributed by atoms with Gasteiger partial charge in [-0.1, -0.05) is 32.9 Å². The summed E-state index contributed by atoms with van der Waals surface area (Å²) in [4.78, 5) is 0. The average molecular weight is 291 g/mol. The first-order valence-electron chi connectivity index (χ1n) is 5.91. The average Bonchev–Trinajstić information content (AvgIpc) is 2.25. The normalized spacial score (nSPS) is 11.9. The van der Waals surface area contributed by atoms with E-state index < -0.39 is 9.05 Å². The molecular formula is C13H19ClO3S. The maximum Gasteiger partial charge on any atom is 0.236 e. The molecule has 0 unspecified atom stereocenters. The van der Waals surface area contributed by atoms with Crippen molar-refractivity contribution in [3.8, 4) is 5.75 Å². The molecule has 0 heterocycles. The van der Waals surface area contributed by atoms with Crippen LogP contribution in [0.2, 0.25) is 0 Å². The maximum atomic E-state index is 11.4. The number of benzene rings is 1. The molecule has 0 saturated carbocycles. The molecular weight excluding hydrogens is 272 g/mol. The van der Waals surface area contributed by atoms with Crippen molar-refractivity contribution in [3.63, 3.8) is 0 Å². The number of ether oxygens (including phenoxy) is 1. The van der Waals surface area contributed by atoms with Crippen LogP contribution in [0.15, 0.2) is 12.1 Å². The third kappa shape index (κ3) is 3.62. The largest absolute Gasteiger partial charge is 0.496 e. The van der Waals surface area contributed by atoms with Crippen molar-refractivity contribution in [1.29, 1.82) is 0 Å². The molecule has 0 radical (unpaired) electrons. The topological polar surface area (TPSA) is 43.4 Å². The standard InChI is InChI=1S/C13H19ClO3S/c1-5-10-6-7-11(9(2)3)12(13(10)17-4)8-18(14,15)16/h6-7,9H,5,8H2,1-4H3. The second-order valence-electron chi connectivity index (χ2n) is 4.52. The molecule has 0 aliphatic carbocycles. The Hall–Kier alpha value is -0.740. The lowest BCUT2D eigenvalue weighted by Gasteiger charge is -2.18. The van der Waals surface area contributed by atoms with Gasteiger partial charge in [0.15, 0.2) is 0 Å². The minimum Gasteiger partial charge on any atom is -0.496 e. The Labute approximate surface area is 114 Å². The summed E-state index contributed by atoms with van der Waals surface area (Å²) in [5.74, 6) is 0.671. The molecule has 0 amide bonds. The van der Waals surface area contributed by atoms with E-state index >= 15 is 0 Å². The summed E-state index contributed by atoms with van der Waals surface area (Å²) in [5.41, 5.74) is 2.65. The van der Waals surface area contributed by atoms with Crippen molar-refractivity contribution in [2.45, 2.75) is 38.9 Å². The van der Waals surface area contributed by atoms with Gasteiger partial charge in [0.1, 0.15) is 5.75 Å². The highest BCUT2D eigenvalue weighted by atomic mass is 35.7. The van der Waals surface area contributed by atoms with E-state index in [0.717, 1.165) is 17.5 Å². The van der Waals surface area contributed by atoms with Gasteiger partial charge in [-0.15, -0.1) is 0 Å². The highest BCUT2D eigenvalue weighted by Crippen LogP contribution is 2.33. The van der Waals surface area contributed by atoms with Gasteiger partial charge in [-0.2, -0.15) is 0 Å². The van der Waals surface area contributed by atoms with Crippen LogP contribution in [-0.2, 0) is 21.2 Å². The van der Waals surface area contributed by atoms with Crippen molar-refractivity contribution >= 4 is 19.7 Å². The first kappa shape index (κ1) is 15.3. The monoisotopic (exact) mass is 290 g/mol. The molecule has 1 aromatic carbocycles. The molecule has 1 rings (SSSR count). The Balaban J connectivity index is 3.48. The lowest BCUT2D eigenvalue weighted by Crippen LogP contribution is -2.06. The van der Waals surface area contributed by atoms with E-state index in [-0.39, 0.29) is 11.7 Å².